The smallest absolute Gasteiger partial charge is 0.0661 e. The fourth-order valence-corrected chi connectivity index (χ4v) is 1.23. The molecular formula is C11H21N. The lowest BCUT2D eigenvalue weighted by molar-refractivity contribution is 0.575. The Morgan fingerprint density at radius 2 is 1.75 bits per heavy atom. The topological polar surface area (TPSA) is 26.0 Å². The third-order valence-electron chi connectivity index (χ3n) is 2.08. The van der Waals surface area contributed by atoms with Crippen molar-refractivity contribution in [2.24, 2.45) is 5.73 Å². The summed E-state index contributed by atoms with van der Waals surface area (Å²) in [4.78, 5) is 0. The molecule has 0 spiro atoms. The van der Waals surface area contributed by atoms with Gasteiger partial charge in [-0.3, -0.25) is 0 Å². The number of terminal acetylenes is 1. The predicted molar refractivity (Wildman–Crippen MR) is 54.8 cm³/mol. The van der Waals surface area contributed by atoms with Gasteiger partial charge in [0.15, 0.2) is 0 Å². The lowest BCUT2D eigenvalue weighted by atomic mass is 10.1. The van der Waals surface area contributed by atoms with Gasteiger partial charge in [0, 0.05) is 0 Å². The standard InChI is InChI=1S/C11H21N/c1-3-5-6-7-8-9-10-11(12)4-2/h2,11H,3,5-10,12H2,1H3. The van der Waals surface area contributed by atoms with Crippen molar-refractivity contribution in [2.45, 2.75) is 57.9 Å². The van der Waals surface area contributed by atoms with Gasteiger partial charge in [0.05, 0.1) is 6.04 Å². The van der Waals surface area contributed by atoms with Crippen molar-refractivity contribution < 1.29 is 0 Å². The molecule has 0 radical (unpaired) electrons. The van der Waals surface area contributed by atoms with Crippen molar-refractivity contribution >= 4 is 0 Å². The number of hydrogen-bond acceptors (Lipinski definition) is 1. The molecule has 1 atom stereocenters. The Labute approximate surface area is 76.7 Å². The summed E-state index contributed by atoms with van der Waals surface area (Å²) in [6.45, 7) is 2.23. The van der Waals surface area contributed by atoms with Gasteiger partial charge in [-0.05, 0) is 6.42 Å². The van der Waals surface area contributed by atoms with Gasteiger partial charge < -0.3 is 5.73 Å². The van der Waals surface area contributed by atoms with Crippen LogP contribution in [0.5, 0.6) is 0 Å². The Kier molecular flexibility index (Phi) is 8.27. The van der Waals surface area contributed by atoms with Crippen molar-refractivity contribution in [1.29, 1.82) is 0 Å². The Hall–Kier alpha value is -0.480. The van der Waals surface area contributed by atoms with E-state index in [0.717, 1.165) is 6.42 Å². The van der Waals surface area contributed by atoms with Gasteiger partial charge in [-0.2, -0.15) is 0 Å². The van der Waals surface area contributed by atoms with Gasteiger partial charge in [0.1, 0.15) is 0 Å². The van der Waals surface area contributed by atoms with Crippen LogP contribution in [-0.4, -0.2) is 6.04 Å². The fraction of sp³-hybridized carbons (Fsp3) is 0.818. The lowest BCUT2D eigenvalue weighted by Crippen LogP contribution is -2.16. The third-order valence-corrected chi connectivity index (χ3v) is 2.08. The molecule has 0 aromatic rings. The molecule has 0 aliphatic heterocycles. The van der Waals surface area contributed by atoms with Gasteiger partial charge in [0.25, 0.3) is 0 Å². The van der Waals surface area contributed by atoms with Crippen molar-refractivity contribution in [3.8, 4) is 12.3 Å². The number of unbranched alkanes of at least 4 members (excludes halogenated alkanes) is 5. The van der Waals surface area contributed by atoms with E-state index in [1.165, 1.54) is 38.5 Å². The zero-order chi connectivity index (χ0) is 9.23. The van der Waals surface area contributed by atoms with Gasteiger partial charge >= 0.3 is 0 Å². The van der Waals surface area contributed by atoms with Crippen LogP contribution in [0.3, 0.4) is 0 Å². The molecule has 0 heterocycles. The molecule has 2 N–H and O–H groups in total. The van der Waals surface area contributed by atoms with Crippen LogP contribution in [0.2, 0.25) is 0 Å². The maximum absolute atomic E-state index is 5.58. The second-order valence-electron chi connectivity index (χ2n) is 3.33. The minimum atomic E-state index is -0.0174. The monoisotopic (exact) mass is 167 g/mol. The molecule has 0 aromatic carbocycles. The number of rotatable bonds is 7. The highest BCUT2D eigenvalue weighted by molar-refractivity contribution is 4.95. The van der Waals surface area contributed by atoms with Crippen molar-refractivity contribution in [3.05, 3.63) is 0 Å². The largest absolute Gasteiger partial charge is 0.318 e. The normalized spacial score (nSPS) is 12.4. The first-order chi connectivity index (χ1) is 5.81. The average Bonchev–Trinajstić information content (AvgIpc) is 2.10. The lowest BCUT2D eigenvalue weighted by Gasteiger charge is -2.03. The zero-order valence-corrected chi connectivity index (χ0v) is 8.18. The molecule has 0 saturated heterocycles. The SMILES string of the molecule is C#CC(N)CCCCCCCC. The fourth-order valence-electron chi connectivity index (χ4n) is 1.23. The van der Waals surface area contributed by atoms with E-state index in [1.54, 1.807) is 0 Å². The maximum atomic E-state index is 5.58. The summed E-state index contributed by atoms with van der Waals surface area (Å²) < 4.78 is 0. The molecule has 1 nitrogen and oxygen atoms in total. The third kappa shape index (κ3) is 7.63. The first kappa shape index (κ1) is 11.5. The van der Waals surface area contributed by atoms with E-state index < -0.39 is 0 Å². The van der Waals surface area contributed by atoms with E-state index in [9.17, 15) is 0 Å². The van der Waals surface area contributed by atoms with Gasteiger partial charge in [-0.1, -0.05) is 51.4 Å². The summed E-state index contributed by atoms with van der Waals surface area (Å²) in [6, 6.07) is -0.0174. The van der Waals surface area contributed by atoms with Crippen LogP contribution in [0.25, 0.3) is 0 Å². The predicted octanol–water partition coefficient (Wildman–Crippen LogP) is 2.70. The zero-order valence-electron chi connectivity index (χ0n) is 8.18. The summed E-state index contributed by atoms with van der Waals surface area (Å²) >= 11 is 0. The summed E-state index contributed by atoms with van der Waals surface area (Å²) in [5.74, 6) is 2.54. The van der Waals surface area contributed by atoms with Gasteiger partial charge in [0.2, 0.25) is 0 Å². The van der Waals surface area contributed by atoms with Crippen LogP contribution in [-0.2, 0) is 0 Å². The van der Waals surface area contributed by atoms with Gasteiger partial charge in [-0.25, -0.2) is 0 Å². The molecule has 12 heavy (non-hydrogen) atoms. The Balaban J connectivity index is 2.96. The van der Waals surface area contributed by atoms with Crippen molar-refractivity contribution in [2.75, 3.05) is 0 Å². The molecule has 0 aliphatic carbocycles. The Morgan fingerprint density at radius 3 is 2.33 bits per heavy atom. The first-order valence-electron chi connectivity index (χ1n) is 5.03. The van der Waals surface area contributed by atoms with E-state index in [2.05, 4.69) is 12.8 Å². The van der Waals surface area contributed by atoms with Crippen LogP contribution < -0.4 is 5.73 Å². The van der Waals surface area contributed by atoms with Crippen LogP contribution in [0.15, 0.2) is 0 Å². The number of hydrogen-bond donors (Lipinski definition) is 1. The van der Waals surface area contributed by atoms with Gasteiger partial charge in [-0.15, -0.1) is 6.42 Å². The highest BCUT2D eigenvalue weighted by Gasteiger charge is 1.95. The molecule has 0 rings (SSSR count). The second kappa shape index (κ2) is 8.62. The van der Waals surface area contributed by atoms with Crippen molar-refractivity contribution in [1.82, 2.24) is 0 Å². The molecule has 0 bridgehead atoms. The maximum Gasteiger partial charge on any atom is 0.0661 e. The van der Waals surface area contributed by atoms with Crippen LogP contribution in [0, 0.1) is 12.3 Å². The first-order valence-corrected chi connectivity index (χ1v) is 5.03. The minimum absolute atomic E-state index is 0.0174. The quantitative estimate of drug-likeness (QED) is 0.458. The molecular weight excluding hydrogens is 146 g/mol. The molecule has 70 valence electrons. The molecule has 0 aromatic heterocycles. The summed E-state index contributed by atoms with van der Waals surface area (Å²) in [5.41, 5.74) is 5.58. The van der Waals surface area contributed by atoms with E-state index in [-0.39, 0.29) is 6.04 Å². The molecule has 0 amide bonds. The van der Waals surface area contributed by atoms with E-state index in [1.807, 2.05) is 0 Å². The van der Waals surface area contributed by atoms with Crippen LogP contribution in [0.1, 0.15) is 51.9 Å². The van der Waals surface area contributed by atoms with Crippen LogP contribution in [0.4, 0.5) is 0 Å². The molecule has 0 aliphatic rings. The van der Waals surface area contributed by atoms with E-state index in [4.69, 9.17) is 12.2 Å². The number of nitrogens with two attached hydrogens (primary N) is 1. The summed E-state index contributed by atoms with van der Waals surface area (Å²) in [6.07, 6.45) is 14.0. The average molecular weight is 167 g/mol. The molecule has 0 saturated carbocycles. The second-order valence-corrected chi connectivity index (χ2v) is 3.33. The van der Waals surface area contributed by atoms with E-state index in [0.29, 0.717) is 0 Å². The Bertz CT molecular complexity index is 123. The molecule has 1 unspecified atom stereocenters. The summed E-state index contributed by atoms with van der Waals surface area (Å²) in [7, 11) is 0. The van der Waals surface area contributed by atoms with Crippen LogP contribution >= 0.6 is 0 Å². The van der Waals surface area contributed by atoms with Crippen molar-refractivity contribution in [3.63, 3.8) is 0 Å². The minimum Gasteiger partial charge on any atom is -0.318 e. The highest BCUT2D eigenvalue weighted by atomic mass is 14.6. The highest BCUT2D eigenvalue weighted by Crippen LogP contribution is 2.07. The van der Waals surface area contributed by atoms with E-state index >= 15 is 0 Å². The Morgan fingerprint density at radius 1 is 1.17 bits per heavy atom. The summed E-state index contributed by atoms with van der Waals surface area (Å²) in [5, 5.41) is 0. The molecule has 1 heteroatoms. The molecule has 0 fully saturated rings.